The molecular formula is C12H13ClO3. The molecule has 0 fully saturated rings. The van der Waals surface area contributed by atoms with Gasteiger partial charge in [0.1, 0.15) is 5.75 Å². The third-order valence-electron chi connectivity index (χ3n) is 2.76. The molecule has 1 N–H and O–H groups in total. The minimum absolute atomic E-state index is 0.392. The number of carboxylic acids is 1. The molecular weight excluding hydrogens is 228 g/mol. The lowest BCUT2D eigenvalue weighted by molar-refractivity contribution is -0.141. The molecule has 16 heavy (non-hydrogen) atoms. The van der Waals surface area contributed by atoms with Crippen molar-refractivity contribution in [2.45, 2.75) is 19.8 Å². The molecule has 1 aliphatic heterocycles. The van der Waals surface area contributed by atoms with Gasteiger partial charge in [0.25, 0.3) is 0 Å². The van der Waals surface area contributed by atoms with Crippen molar-refractivity contribution in [3.63, 3.8) is 0 Å². The second-order valence-corrected chi connectivity index (χ2v) is 4.51. The summed E-state index contributed by atoms with van der Waals surface area (Å²) in [6.07, 6.45) is 1.35. The Morgan fingerprint density at radius 1 is 1.62 bits per heavy atom. The van der Waals surface area contributed by atoms with Gasteiger partial charge < -0.3 is 9.84 Å². The van der Waals surface area contributed by atoms with Gasteiger partial charge in [-0.3, -0.25) is 4.79 Å². The highest BCUT2D eigenvalue weighted by Crippen LogP contribution is 2.35. The van der Waals surface area contributed by atoms with E-state index in [0.717, 1.165) is 23.3 Å². The van der Waals surface area contributed by atoms with Crippen LogP contribution < -0.4 is 4.74 Å². The lowest BCUT2D eigenvalue weighted by Crippen LogP contribution is -2.12. The molecule has 86 valence electrons. The van der Waals surface area contributed by atoms with Gasteiger partial charge in [-0.05, 0) is 23.6 Å². The van der Waals surface area contributed by atoms with E-state index in [-0.39, 0.29) is 0 Å². The Morgan fingerprint density at radius 2 is 2.38 bits per heavy atom. The zero-order chi connectivity index (χ0) is 11.7. The topological polar surface area (TPSA) is 46.5 Å². The van der Waals surface area contributed by atoms with Crippen LogP contribution in [-0.4, -0.2) is 17.7 Å². The van der Waals surface area contributed by atoms with Gasteiger partial charge in [0.2, 0.25) is 0 Å². The van der Waals surface area contributed by atoms with Crippen LogP contribution in [0.3, 0.4) is 0 Å². The van der Waals surface area contributed by atoms with Crippen LogP contribution in [0.25, 0.3) is 0 Å². The Labute approximate surface area is 99.0 Å². The molecule has 1 unspecified atom stereocenters. The summed E-state index contributed by atoms with van der Waals surface area (Å²) >= 11 is 6.07. The fourth-order valence-corrected chi connectivity index (χ4v) is 2.20. The van der Waals surface area contributed by atoms with Crippen molar-refractivity contribution in [3.05, 3.63) is 28.3 Å². The first-order valence-electron chi connectivity index (χ1n) is 5.25. The molecule has 0 aromatic heterocycles. The normalized spacial score (nSPS) is 15.4. The summed E-state index contributed by atoms with van der Waals surface area (Å²) < 4.78 is 5.39. The fourth-order valence-electron chi connectivity index (χ4n) is 1.88. The number of carboxylic acid groups (broad SMARTS) is 1. The number of fused-ring (bicyclic) bond motifs is 1. The quantitative estimate of drug-likeness (QED) is 0.883. The van der Waals surface area contributed by atoms with Crippen molar-refractivity contribution in [3.8, 4) is 5.75 Å². The van der Waals surface area contributed by atoms with Crippen molar-refractivity contribution >= 4 is 17.6 Å². The second kappa shape index (κ2) is 4.34. The molecule has 3 nitrogen and oxygen atoms in total. The molecule has 1 atom stereocenters. The van der Waals surface area contributed by atoms with Gasteiger partial charge >= 0.3 is 5.97 Å². The van der Waals surface area contributed by atoms with Crippen LogP contribution >= 0.6 is 11.6 Å². The minimum atomic E-state index is -0.784. The van der Waals surface area contributed by atoms with Crippen molar-refractivity contribution in [2.24, 2.45) is 5.92 Å². The average molecular weight is 241 g/mol. The van der Waals surface area contributed by atoms with Gasteiger partial charge in [-0.2, -0.15) is 0 Å². The van der Waals surface area contributed by atoms with Gasteiger partial charge in [-0.15, -0.1) is 0 Å². The molecule has 0 saturated heterocycles. The van der Waals surface area contributed by atoms with E-state index in [1.165, 1.54) is 0 Å². The zero-order valence-electron chi connectivity index (χ0n) is 9.00. The van der Waals surface area contributed by atoms with E-state index in [4.69, 9.17) is 21.4 Å². The number of halogens is 1. The predicted molar refractivity (Wildman–Crippen MR) is 61.2 cm³/mol. The number of hydrogen-bond donors (Lipinski definition) is 1. The van der Waals surface area contributed by atoms with Crippen LogP contribution in [0.2, 0.25) is 5.02 Å². The van der Waals surface area contributed by atoms with Crippen LogP contribution in [0.15, 0.2) is 12.1 Å². The Balaban J connectivity index is 2.23. The molecule has 1 aromatic carbocycles. The maximum absolute atomic E-state index is 10.8. The fraction of sp³-hybridized carbons (Fsp3) is 0.417. The molecule has 1 aliphatic rings. The Hall–Kier alpha value is -1.22. The molecule has 0 radical (unpaired) electrons. The van der Waals surface area contributed by atoms with Crippen LogP contribution in [-0.2, 0) is 17.6 Å². The number of rotatable bonds is 3. The largest absolute Gasteiger partial charge is 0.491 e. The van der Waals surface area contributed by atoms with E-state index < -0.39 is 11.9 Å². The molecule has 0 saturated carbocycles. The van der Waals surface area contributed by atoms with E-state index in [1.54, 1.807) is 13.0 Å². The SMILES string of the molecule is CC(Cc1cc(Cl)c2c(c1)CCO2)C(=O)O. The third-order valence-corrected chi connectivity index (χ3v) is 3.04. The smallest absolute Gasteiger partial charge is 0.306 e. The number of ether oxygens (including phenoxy) is 1. The first-order valence-corrected chi connectivity index (χ1v) is 5.62. The number of carbonyl (C=O) groups is 1. The highest BCUT2D eigenvalue weighted by Gasteiger charge is 2.19. The van der Waals surface area contributed by atoms with Crippen LogP contribution in [0, 0.1) is 5.92 Å². The second-order valence-electron chi connectivity index (χ2n) is 4.11. The van der Waals surface area contributed by atoms with Crippen molar-refractivity contribution in [2.75, 3.05) is 6.61 Å². The van der Waals surface area contributed by atoms with Gasteiger partial charge in [0.15, 0.2) is 0 Å². The lowest BCUT2D eigenvalue weighted by atomic mass is 9.99. The predicted octanol–water partition coefficient (Wildman–Crippen LogP) is 2.54. The van der Waals surface area contributed by atoms with Gasteiger partial charge in [-0.25, -0.2) is 0 Å². The molecule has 1 aromatic rings. The Morgan fingerprint density at radius 3 is 3.06 bits per heavy atom. The number of benzene rings is 1. The standard InChI is InChI=1S/C12H13ClO3/c1-7(12(14)15)4-8-5-9-2-3-16-11(9)10(13)6-8/h5-7H,2-4H2,1H3,(H,14,15). The van der Waals surface area contributed by atoms with Gasteiger partial charge in [0, 0.05) is 6.42 Å². The monoisotopic (exact) mass is 240 g/mol. The van der Waals surface area contributed by atoms with Gasteiger partial charge in [-0.1, -0.05) is 24.6 Å². The summed E-state index contributed by atoms with van der Waals surface area (Å²) in [5, 5.41) is 9.43. The summed E-state index contributed by atoms with van der Waals surface area (Å²) in [6.45, 7) is 2.35. The number of hydrogen-bond acceptors (Lipinski definition) is 2. The minimum Gasteiger partial charge on any atom is -0.491 e. The third kappa shape index (κ3) is 2.14. The Kier molecular flexibility index (Phi) is 3.06. The summed E-state index contributed by atoms with van der Waals surface area (Å²) in [5.41, 5.74) is 2.05. The summed E-state index contributed by atoms with van der Waals surface area (Å²) in [7, 11) is 0. The first kappa shape index (κ1) is 11.3. The summed E-state index contributed by atoms with van der Waals surface area (Å²) in [6, 6.07) is 3.79. The van der Waals surface area contributed by atoms with E-state index >= 15 is 0 Å². The van der Waals surface area contributed by atoms with Gasteiger partial charge in [0.05, 0.1) is 17.5 Å². The lowest BCUT2D eigenvalue weighted by Gasteiger charge is -2.09. The maximum atomic E-state index is 10.8. The number of aliphatic carboxylic acids is 1. The zero-order valence-corrected chi connectivity index (χ0v) is 9.75. The highest BCUT2D eigenvalue weighted by molar-refractivity contribution is 6.32. The Bertz CT molecular complexity index is 429. The van der Waals surface area contributed by atoms with Crippen molar-refractivity contribution in [1.82, 2.24) is 0 Å². The summed E-state index contributed by atoms with van der Waals surface area (Å²) in [4.78, 5) is 10.8. The molecule has 4 heteroatoms. The van der Waals surface area contributed by atoms with Crippen LogP contribution in [0.4, 0.5) is 0 Å². The van der Waals surface area contributed by atoms with Crippen LogP contribution in [0.5, 0.6) is 5.75 Å². The molecule has 2 rings (SSSR count). The molecule has 0 amide bonds. The van der Waals surface area contributed by atoms with Crippen LogP contribution in [0.1, 0.15) is 18.1 Å². The van der Waals surface area contributed by atoms with Crippen molar-refractivity contribution < 1.29 is 14.6 Å². The van der Waals surface area contributed by atoms with E-state index in [2.05, 4.69) is 0 Å². The molecule has 0 aliphatic carbocycles. The van der Waals surface area contributed by atoms with E-state index in [9.17, 15) is 4.79 Å². The average Bonchev–Trinajstić information content (AvgIpc) is 2.65. The van der Waals surface area contributed by atoms with Crippen molar-refractivity contribution in [1.29, 1.82) is 0 Å². The molecule has 0 bridgehead atoms. The summed E-state index contributed by atoms with van der Waals surface area (Å²) in [5.74, 6) is -0.419. The molecule has 1 heterocycles. The first-order chi connectivity index (χ1) is 7.58. The van der Waals surface area contributed by atoms with E-state index in [1.807, 2.05) is 6.07 Å². The molecule has 0 spiro atoms. The van der Waals surface area contributed by atoms with E-state index in [0.29, 0.717) is 18.1 Å². The highest BCUT2D eigenvalue weighted by atomic mass is 35.5. The maximum Gasteiger partial charge on any atom is 0.306 e.